The number of nitrogens with one attached hydrogen (secondary N) is 1. The molecule has 4 rings (SSSR count). The first-order chi connectivity index (χ1) is 15.3. The van der Waals surface area contributed by atoms with Gasteiger partial charge in [0.2, 0.25) is 0 Å². The predicted octanol–water partition coefficient (Wildman–Crippen LogP) is 4.19. The minimum atomic E-state index is -0.531. The van der Waals surface area contributed by atoms with Crippen molar-refractivity contribution in [1.29, 1.82) is 0 Å². The van der Waals surface area contributed by atoms with E-state index in [0.29, 0.717) is 24.7 Å². The van der Waals surface area contributed by atoms with E-state index in [1.165, 1.54) is 16.7 Å². The highest BCUT2D eigenvalue weighted by molar-refractivity contribution is 6.30. The average molecular weight is 458 g/mol. The second kappa shape index (κ2) is 8.46. The third kappa shape index (κ3) is 3.62. The van der Waals surface area contributed by atoms with Gasteiger partial charge in [-0.15, -0.1) is 0 Å². The Labute approximate surface area is 186 Å². The van der Waals surface area contributed by atoms with E-state index in [-0.39, 0.29) is 33.2 Å². The van der Waals surface area contributed by atoms with Gasteiger partial charge in [-0.05, 0) is 37.6 Å². The molecule has 11 heteroatoms. The maximum atomic E-state index is 12.6. The van der Waals surface area contributed by atoms with Crippen LogP contribution in [0.5, 0.6) is 0 Å². The summed E-state index contributed by atoms with van der Waals surface area (Å²) in [6.07, 6.45) is 1.62. The van der Waals surface area contributed by atoms with E-state index in [2.05, 4.69) is 9.97 Å². The molecule has 0 saturated carbocycles. The summed E-state index contributed by atoms with van der Waals surface area (Å²) in [5.74, 6) is 0.929. The molecule has 0 aliphatic rings. The molecule has 0 atom stereocenters. The van der Waals surface area contributed by atoms with Crippen molar-refractivity contribution in [3.05, 3.63) is 66.3 Å². The fraction of sp³-hybridized carbons (Fsp3) is 0.286. The number of H-pyrrole nitrogens is 1. The molecule has 4 aromatic rings. The van der Waals surface area contributed by atoms with Crippen LogP contribution in [0.3, 0.4) is 0 Å². The number of nitro groups is 1. The first-order valence-electron chi connectivity index (χ1n) is 10.1. The topological polar surface area (TPSA) is 129 Å². The number of rotatable bonds is 7. The number of aryl methyl sites for hydroxylation is 2. The highest BCUT2D eigenvalue weighted by Crippen LogP contribution is 2.35. The number of benzene rings is 1. The minimum absolute atomic E-state index is 0.188. The molecule has 0 bridgehead atoms. The van der Waals surface area contributed by atoms with Gasteiger partial charge in [0.15, 0.2) is 22.7 Å². The van der Waals surface area contributed by atoms with Gasteiger partial charge in [-0.1, -0.05) is 24.9 Å². The van der Waals surface area contributed by atoms with E-state index in [1.54, 1.807) is 22.8 Å². The van der Waals surface area contributed by atoms with Crippen molar-refractivity contribution in [3.63, 3.8) is 0 Å². The van der Waals surface area contributed by atoms with Crippen LogP contribution in [0.2, 0.25) is 5.02 Å². The molecular formula is C21H20ClN5O5. The van der Waals surface area contributed by atoms with E-state index in [1.807, 2.05) is 13.8 Å². The smallest absolute Gasteiger partial charge is 0.330 e. The lowest BCUT2D eigenvalue weighted by Gasteiger charge is -2.05. The zero-order valence-electron chi connectivity index (χ0n) is 17.4. The number of halogens is 1. The van der Waals surface area contributed by atoms with Crippen molar-refractivity contribution in [1.82, 2.24) is 19.1 Å². The summed E-state index contributed by atoms with van der Waals surface area (Å²) in [6, 6.07) is 7.54. The van der Waals surface area contributed by atoms with E-state index < -0.39 is 16.2 Å². The number of hydrogen-bond acceptors (Lipinski definition) is 6. The largest absolute Gasteiger partial charge is 0.453 e. The minimum Gasteiger partial charge on any atom is -0.453 e. The number of imidazole rings is 1. The monoisotopic (exact) mass is 457 g/mol. The molecule has 0 fully saturated rings. The molecule has 32 heavy (non-hydrogen) atoms. The number of aromatic amines is 1. The van der Waals surface area contributed by atoms with Crippen LogP contribution in [0.1, 0.15) is 26.7 Å². The molecule has 10 nitrogen and oxygen atoms in total. The molecular weight excluding hydrogens is 438 g/mol. The summed E-state index contributed by atoms with van der Waals surface area (Å²) in [5, 5.41) is 11.7. The molecule has 3 aromatic heterocycles. The molecule has 0 radical (unpaired) electrons. The van der Waals surface area contributed by atoms with Gasteiger partial charge in [0.1, 0.15) is 5.76 Å². The fourth-order valence-corrected chi connectivity index (χ4v) is 3.83. The van der Waals surface area contributed by atoms with Gasteiger partial charge in [-0.2, -0.15) is 0 Å². The Morgan fingerprint density at radius 2 is 1.91 bits per heavy atom. The summed E-state index contributed by atoms with van der Waals surface area (Å²) in [6.45, 7) is 4.67. The van der Waals surface area contributed by atoms with Crippen molar-refractivity contribution in [2.75, 3.05) is 0 Å². The lowest BCUT2D eigenvalue weighted by atomic mass is 10.1. The molecule has 0 amide bonds. The Bertz CT molecular complexity index is 1450. The van der Waals surface area contributed by atoms with Crippen LogP contribution >= 0.6 is 11.6 Å². The Morgan fingerprint density at radius 3 is 2.59 bits per heavy atom. The van der Waals surface area contributed by atoms with E-state index in [4.69, 9.17) is 16.0 Å². The van der Waals surface area contributed by atoms with Crippen LogP contribution in [0.15, 0.2) is 44.3 Å². The maximum absolute atomic E-state index is 12.6. The molecule has 0 aliphatic carbocycles. The number of furan rings is 1. The van der Waals surface area contributed by atoms with Gasteiger partial charge < -0.3 is 8.98 Å². The standard InChI is InChI=1S/C21H20ClN5O5/c1-3-5-10-26-19-17(20(28)24-21(26)29)25(4-2)18(23-19)16-9-8-15(32-16)13-7-6-12(22)11-14(13)27(30)31/h6-9,11H,3-5,10H2,1-2H3,(H,24,28,29). The van der Waals surface area contributed by atoms with E-state index >= 15 is 0 Å². The fourth-order valence-electron chi connectivity index (χ4n) is 3.66. The van der Waals surface area contributed by atoms with Crippen LogP contribution in [0.4, 0.5) is 5.69 Å². The average Bonchev–Trinajstić information content (AvgIpc) is 3.38. The number of hydrogen-bond donors (Lipinski definition) is 1. The Morgan fingerprint density at radius 1 is 1.16 bits per heavy atom. The van der Waals surface area contributed by atoms with Crippen molar-refractivity contribution in [2.45, 2.75) is 39.8 Å². The van der Waals surface area contributed by atoms with E-state index in [9.17, 15) is 19.7 Å². The van der Waals surface area contributed by atoms with Crippen molar-refractivity contribution >= 4 is 28.5 Å². The number of nitrogens with zero attached hydrogens (tertiary/aromatic N) is 4. The van der Waals surface area contributed by atoms with Gasteiger partial charge in [-0.3, -0.25) is 24.5 Å². The van der Waals surface area contributed by atoms with Crippen LogP contribution in [0, 0.1) is 10.1 Å². The lowest BCUT2D eigenvalue weighted by Crippen LogP contribution is -2.31. The highest BCUT2D eigenvalue weighted by Gasteiger charge is 2.23. The molecule has 0 saturated heterocycles. The number of fused-ring (bicyclic) bond motifs is 1. The summed E-state index contributed by atoms with van der Waals surface area (Å²) in [7, 11) is 0. The maximum Gasteiger partial charge on any atom is 0.330 e. The van der Waals surface area contributed by atoms with Gasteiger partial charge in [-0.25, -0.2) is 9.78 Å². The lowest BCUT2D eigenvalue weighted by molar-refractivity contribution is -0.384. The predicted molar refractivity (Wildman–Crippen MR) is 120 cm³/mol. The number of aromatic nitrogens is 4. The Balaban J connectivity index is 1.90. The first-order valence-corrected chi connectivity index (χ1v) is 10.5. The molecule has 0 spiro atoms. The summed E-state index contributed by atoms with van der Waals surface area (Å²) in [4.78, 5) is 42.8. The number of unbranched alkanes of at least 4 members (excludes halogenated alkanes) is 1. The van der Waals surface area contributed by atoms with E-state index in [0.717, 1.165) is 12.8 Å². The molecule has 0 aliphatic heterocycles. The van der Waals surface area contributed by atoms with Crippen LogP contribution in [0.25, 0.3) is 34.1 Å². The normalized spacial score (nSPS) is 11.3. The van der Waals surface area contributed by atoms with Gasteiger partial charge in [0.25, 0.3) is 11.2 Å². The molecule has 3 heterocycles. The van der Waals surface area contributed by atoms with Crippen LogP contribution < -0.4 is 11.2 Å². The zero-order chi connectivity index (χ0) is 23.0. The van der Waals surface area contributed by atoms with Gasteiger partial charge in [0.05, 0.1) is 10.5 Å². The van der Waals surface area contributed by atoms with Crippen LogP contribution in [-0.2, 0) is 13.1 Å². The van der Waals surface area contributed by atoms with Gasteiger partial charge >= 0.3 is 5.69 Å². The van der Waals surface area contributed by atoms with Crippen molar-refractivity contribution in [2.24, 2.45) is 0 Å². The first kappa shape index (κ1) is 21.6. The highest BCUT2D eigenvalue weighted by atomic mass is 35.5. The molecule has 0 unspecified atom stereocenters. The summed E-state index contributed by atoms with van der Waals surface area (Å²) in [5.41, 5.74) is -0.415. The second-order valence-corrected chi connectivity index (χ2v) is 7.64. The summed E-state index contributed by atoms with van der Waals surface area (Å²) < 4.78 is 9.03. The molecule has 1 N–H and O–H groups in total. The third-order valence-electron chi connectivity index (χ3n) is 5.19. The third-order valence-corrected chi connectivity index (χ3v) is 5.42. The SMILES string of the molecule is CCCCn1c(=O)[nH]c(=O)c2c1nc(-c1ccc(-c3ccc(Cl)cc3[N+](=O)[O-])o1)n2CC. The second-order valence-electron chi connectivity index (χ2n) is 7.20. The zero-order valence-corrected chi connectivity index (χ0v) is 18.2. The number of nitro benzene ring substituents is 1. The van der Waals surface area contributed by atoms with Crippen molar-refractivity contribution in [3.8, 4) is 22.9 Å². The Kier molecular flexibility index (Phi) is 5.70. The summed E-state index contributed by atoms with van der Waals surface area (Å²) >= 11 is 5.90. The van der Waals surface area contributed by atoms with Crippen LogP contribution in [-0.4, -0.2) is 24.0 Å². The molecule has 166 valence electrons. The Hall–Kier alpha value is -3.66. The van der Waals surface area contributed by atoms with Crippen molar-refractivity contribution < 1.29 is 9.34 Å². The van der Waals surface area contributed by atoms with Gasteiger partial charge in [0, 0.05) is 24.2 Å². The molecule has 1 aromatic carbocycles. The quantitative estimate of drug-likeness (QED) is 0.327.